The number of aromatic nitrogens is 4. The lowest BCUT2D eigenvalue weighted by atomic mass is 10.1. The first kappa shape index (κ1) is 13.5. The smallest absolute Gasteiger partial charge is 0.254 e. The number of nitrogens with zero attached hydrogens (tertiary/aromatic N) is 4. The summed E-state index contributed by atoms with van der Waals surface area (Å²) in [6, 6.07) is 9.94. The standard InChI is InChI=1S/C15H17N5O/c1-10-4-3-5-12(8-10)14-18-15-17-11(2)9-13(16-6-7-21)20(15)19-14/h3-5,8-9,16,21H,6-7H2,1-2H3. The van der Waals surface area contributed by atoms with Crippen molar-refractivity contribution in [2.45, 2.75) is 13.8 Å². The van der Waals surface area contributed by atoms with E-state index in [4.69, 9.17) is 5.11 Å². The van der Waals surface area contributed by atoms with Crippen LogP contribution in [0.5, 0.6) is 0 Å². The van der Waals surface area contributed by atoms with Crippen molar-refractivity contribution in [1.82, 2.24) is 19.6 Å². The summed E-state index contributed by atoms with van der Waals surface area (Å²) in [6.07, 6.45) is 0. The second kappa shape index (κ2) is 5.49. The van der Waals surface area contributed by atoms with Crippen molar-refractivity contribution >= 4 is 11.6 Å². The molecule has 0 amide bonds. The summed E-state index contributed by atoms with van der Waals surface area (Å²) in [5.41, 5.74) is 2.98. The molecule has 0 spiro atoms. The van der Waals surface area contributed by atoms with E-state index in [0.717, 1.165) is 22.6 Å². The first-order valence-electron chi connectivity index (χ1n) is 6.83. The second-order valence-electron chi connectivity index (χ2n) is 4.95. The molecule has 6 nitrogen and oxygen atoms in total. The van der Waals surface area contributed by atoms with Crippen LogP contribution in [0.15, 0.2) is 30.3 Å². The van der Waals surface area contributed by atoms with Gasteiger partial charge >= 0.3 is 0 Å². The van der Waals surface area contributed by atoms with E-state index in [9.17, 15) is 0 Å². The van der Waals surface area contributed by atoms with Gasteiger partial charge in [0.15, 0.2) is 5.82 Å². The minimum atomic E-state index is 0.0578. The first-order chi connectivity index (χ1) is 10.2. The molecule has 0 bridgehead atoms. The molecular weight excluding hydrogens is 266 g/mol. The minimum Gasteiger partial charge on any atom is -0.395 e. The molecule has 0 aliphatic carbocycles. The van der Waals surface area contributed by atoms with E-state index in [1.165, 1.54) is 0 Å². The van der Waals surface area contributed by atoms with Crippen molar-refractivity contribution in [2.75, 3.05) is 18.5 Å². The lowest BCUT2D eigenvalue weighted by Gasteiger charge is -2.06. The maximum atomic E-state index is 8.96. The van der Waals surface area contributed by atoms with Crippen LogP contribution in [0, 0.1) is 13.8 Å². The normalized spacial score (nSPS) is 11.0. The average Bonchev–Trinajstić information content (AvgIpc) is 2.88. The number of aryl methyl sites for hydroxylation is 2. The third kappa shape index (κ3) is 2.71. The van der Waals surface area contributed by atoms with Gasteiger partial charge in [-0.05, 0) is 19.9 Å². The molecule has 3 rings (SSSR count). The van der Waals surface area contributed by atoms with Crippen LogP contribution in [0.1, 0.15) is 11.3 Å². The summed E-state index contributed by atoms with van der Waals surface area (Å²) in [5.74, 6) is 1.97. The van der Waals surface area contributed by atoms with Crippen molar-refractivity contribution in [3.05, 3.63) is 41.6 Å². The fourth-order valence-corrected chi connectivity index (χ4v) is 2.20. The van der Waals surface area contributed by atoms with Gasteiger partial charge in [0, 0.05) is 23.9 Å². The Kier molecular flexibility index (Phi) is 3.53. The number of benzene rings is 1. The largest absolute Gasteiger partial charge is 0.395 e. The van der Waals surface area contributed by atoms with Gasteiger partial charge in [0.2, 0.25) is 0 Å². The van der Waals surface area contributed by atoms with E-state index in [0.29, 0.717) is 18.1 Å². The van der Waals surface area contributed by atoms with E-state index in [-0.39, 0.29) is 6.61 Å². The molecule has 0 saturated carbocycles. The fraction of sp³-hybridized carbons (Fsp3) is 0.267. The fourth-order valence-electron chi connectivity index (χ4n) is 2.20. The predicted molar refractivity (Wildman–Crippen MR) is 81.3 cm³/mol. The number of hydrogen-bond donors (Lipinski definition) is 2. The van der Waals surface area contributed by atoms with Gasteiger partial charge in [-0.25, -0.2) is 4.98 Å². The van der Waals surface area contributed by atoms with Crippen LogP contribution in [-0.4, -0.2) is 37.8 Å². The highest BCUT2D eigenvalue weighted by Gasteiger charge is 2.11. The number of aliphatic hydroxyl groups excluding tert-OH is 1. The molecule has 2 aromatic heterocycles. The van der Waals surface area contributed by atoms with Crippen molar-refractivity contribution < 1.29 is 5.11 Å². The minimum absolute atomic E-state index is 0.0578. The van der Waals surface area contributed by atoms with E-state index in [1.807, 2.05) is 44.2 Å². The maximum Gasteiger partial charge on any atom is 0.254 e. The summed E-state index contributed by atoms with van der Waals surface area (Å²) in [6.45, 7) is 4.46. The molecule has 6 heteroatoms. The van der Waals surface area contributed by atoms with E-state index in [2.05, 4.69) is 20.4 Å². The SMILES string of the molecule is Cc1cccc(-c2nc3nc(C)cc(NCCO)n3n2)c1. The highest BCUT2D eigenvalue weighted by molar-refractivity contribution is 5.59. The van der Waals surface area contributed by atoms with Crippen LogP contribution < -0.4 is 5.32 Å². The Balaban J connectivity index is 2.10. The number of hydrogen-bond acceptors (Lipinski definition) is 5. The average molecular weight is 283 g/mol. The van der Waals surface area contributed by atoms with Crippen LogP contribution in [0.25, 0.3) is 17.2 Å². The van der Waals surface area contributed by atoms with Crippen molar-refractivity contribution in [2.24, 2.45) is 0 Å². The Bertz CT molecular complexity index is 781. The lowest BCUT2D eigenvalue weighted by molar-refractivity contribution is 0.311. The predicted octanol–water partition coefficient (Wildman–Crippen LogP) is 1.81. The summed E-state index contributed by atoms with van der Waals surface area (Å²) in [7, 11) is 0. The summed E-state index contributed by atoms with van der Waals surface area (Å²) >= 11 is 0. The number of anilines is 1. The number of rotatable bonds is 4. The van der Waals surface area contributed by atoms with Gasteiger partial charge in [0.25, 0.3) is 5.78 Å². The quantitative estimate of drug-likeness (QED) is 0.764. The van der Waals surface area contributed by atoms with E-state index >= 15 is 0 Å². The Morgan fingerprint density at radius 1 is 1.19 bits per heavy atom. The molecule has 21 heavy (non-hydrogen) atoms. The molecule has 0 atom stereocenters. The summed E-state index contributed by atoms with van der Waals surface area (Å²) < 4.78 is 1.67. The van der Waals surface area contributed by atoms with Gasteiger partial charge in [0.1, 0.15) is 5.82 Å². The van der Waals surface area contributed by atoms with Crippen LogP contribution >= 0.6 is 0 Å². The van der Waals surface area contributed by atoms with Gasteiger partial charge < -0.3 is 10.4 Å². The Morgan fingerprint density at radius 2 is 2.05 bits per heavy atom. The zero-order chi connectivity index (χ0) is 14.8. The highest BCUT2D eigenvalue weighted by atomic mass is 16.3. The Hall–Kier alpha value is -2.47. The first-order valence-corrected chi connectivity index (χ1v) is 6.83. The number of nitrogens with one attached hydrogen (secondary N) is 1. The molecule has 108 valence electrons. The van der Waals surface area contributed by atoms with Gasteiger partial charge in [-0.3, -0.25) is 0 Å². The zero-order valence-corrected chi connectivity index (χ0v) is 12.0. The molecule has 2 heterocycles. The van der Waals surface area contributed by atoms with Crippen LogP contribution in [0.3, 0.4) is 0 Å². The van der Waals surface area contributed by atoms with Crippen molar-refractivity contribution in [1.29, 1.82) is 0 Å². The topological polar surface area (TPSA) is 75.3 Å². The molecule has 1 aromatic carbocycles. The molecule has 0 saturated heterocycles. The van der Waals surface area contributed by atoms with Gasteiger partial charge in [-0.1, -0.05) is 23.8 Å². The van der Waals surface area contributed by atoms with Crippen LogP contribution in [0.4, 0.5) is 5.82 Å². The molecule has 3 aromatic rings. The molecule has 0 aliphatic rings. The second-order valence-corrected chi connectivity index (χ2v) is 4.95. The van der Waals surface area contributed by atoms with Crippen molar-refractivity contribution in [3.63, 3.8) is 0 Å². The zero-order valence-electron chi connectivity index (χ0n) is 12.0. The Labute approximate surface area is 122 Å². The molecule has 0 aliphatic heterocycles. The van der Waals surface area contributed by atoms with Crippen LogP contribution in [0.2, 0.25) is 0 Å². The summed E-state index contributed by atoms with van der Waals surface area (Å²) in [4.78, 5) is 8.89. The third-order valence-electron chi connectivity index (χ3n) is 3.13. The lowest BCUT2D eigenvalue weighted by Crippen LogP contribution is -2.10. The third-order valence-corrected chi connectivity index (χ3v) is 3.13. The molecule has 0 radical (unpaired) electrons. The van der Waals surface area contributed by atoms with Gasteiger partial charge in [-0.2, -0.15) is 9.50 Å². The molecule has 2 N–H and O–H groups in total. The van der Waals surface area contributed by atoms with E-state index < -0.39 is 0 Å². The van der Waals surface area contributed by atoms with Crippen molar-refractivity contribution in [3.8, 4) is 11.4 Å². The monoisotopic (exact) mass is 283 g/mol. The highest BCUT2D eigenvalue weighted by Crippen LogP contribution is 2.19. The Morgan fingerprint density at radius 3 is 2.81 bits per heavy atom. The van der Waals surface area contributed by atoms with E-state index in [1.54, 1.807) is 4.52 Å². The maximum absolute atomic E-state index is 8.96. The molecule has 0 unspecified atom stereocenters. The summed E-state index contributed by atoms with van der Waals surface area (Å²) in [5, 5.41) is 16.6. The number of aliphatic hydroxyl groups is 1. The molecule has 0 fully saturated rings. The van der Waals surface area contributed by atoms with Gasteiger partial charge in [0.05, 0.1) is 6.61 Å². The van der Waals surface area contributed by atoms with Gasteiger partial charge in [-0.15, -0.1) is 5.10 Å². The number of fused-ring (bicyclic) bond motifs is 1. The molecular formula is C15H17N5O. The van der Waals surface area contributed by atoms with Crippen LogP contribution in [-0.2, 0) is 0 Å².